The SMILES string of the molecule is Cc1cc(C)c(CC2CC(N(C)C)CCC2N2CCc3c(c(C)c4c(c3-c3ccco3)O[C@@H](C)O4)C2=O)c(=O)[nH]1. The van der Waals surface area contributed by atoms with E-state index in [1.165, 1.54) is 0 Å². The highest BCUT2D eigenvalue weighted by Gasteiger charge is 2.43. The van der Waals surface area contributed by atoms with Gasteiger partial charge >= 0.3 is 0 Å². The van der Waals surface area contributed by atoms with Crippen molar-refractivity contribution >= 4 is 5.91 Å². The number of fused-ring (bicyclic) bond motifs is 2. The first kappa shape index (κ1) is 26.7. The van der Waals surface area contributed by atoms with Crippen LogP contribution in [-0.2, 0) is 12.8 Å². The molecule has 1 aromatic carbocycles. The van der Waals surface area contributed by atoms with Crippen molar-refractivity contribution in [3.63, 3.8) is 0 Å². The van der Waals surface area contributed by atoms with Crippen LogP contribution in [0.3, 0.4) is 0 Å². The maximum absolute atomic E-state index is 14.5. The fraction of sp³-hybridized carbons (Fsp3) is 0.500. The third kappa shape index (κ3) is 4.42. The second-order valence-corrected chi connectivity index (χ2v) is 11.9. The smallest absolute Gasteiger partial charge is 0.254 e. The van der Waals surface area contributed by atoms with Gasteiger partial charge in [0.15, 0.2) is 11.5 Å². The molecule has 40 heavy (non-hydrogen) atoms. The van der Waals surface area contributed by atoms with Crippen LogP contribution < -0.4 is 15.0 Å². The molecule has 8 nitrogen and oxygen atoms in total. The van der Waals surface area contributed by atoms with Gasteiger partial charge in [-0.15, -0.1) is 0 Å². The number of nitrogens with one attached hydrogen (secondary N) is 1. The van der Waals surface area contributed by atoms with E-state index in [9.17, 15) is 9.59 Å². The summed E-state index contributed by atoms with van der Waals surface area (Å²) in [5, 5.41) is 0. The van der Waals surface area contributed by atoms with Gasteiger partial charge in [-0.25, -0.2) is 0 Å². The van der Waals surface area contributed by atoms with Gasteiger partial charge in [0, 0.05) is 42.4 Å². The molecule has 1 N–H and O–H groups in total. The molecule has 0 radical (unpaired) electrons. The number of pyridine rings is 1. The van der Waals surface area contributed by atoms with Gasteiger partial charge in [0.25, 0.3) is 11.5 Å². The highest BCUT2D eigenvalue weighted by molar-refractivity contribution is 6.02. The van der Waals surface area contributed by atoms with Gasteiger partial charge < -0.3 is 28.7 Å². The van der Waals surface area contributed by atoms with E-state index in [4.69, 9.17) is 13.9 Å². The zero-order chi connectivity index (χ0) is 28.3. The van der Waals surface area contributed by atoms with Crippen LogP contribution in [0.4, 0.5) is 0 Å². The van der Waals surface area contributed by atoms with E-state index in [1.54, 1.807) is 6.26 Å². The first-order chi connectivity index (χ1) is 19.1. The Hall–Kier alpha value is -3.52. The molecule has 0 spiro atoms. The van der Waals surface area contributed by atoms with Gasteiger partial charge in [-0.3, -0.25) is 9.59 Å². The molecule has 2 aromatic heterocycles. The monoisotopic (exact) mass is 545 g/mol. The van der Waals surface area contributed by atoms with Crippen molar-refractivity contribution in [2.24, 2.45) is 5.92 Å². The van der Waals surface area contributed by atoms with Crippen LogP contribution in [0.1, 0.15) is 64.5 Å². The van der Waals surface area contributed by atoms with Crippen molar-refractivity contribution in [1.29, 1.82) is 0 Å². The first-order valence-electron chi connectivity index (χ1n) is 14.4. The molecule has 6 rings (SSSR count). The van der Waals surface area contributed by atoms with Gasteiger partial charge in [-0.1, -0.05) is 0 Å². The lowest BCUT2D eigenvalue weighted by Gasteiger charge is -2.46. The lowest BCUT2D eigenvalue weighted by atomic mass is 9.75. The van der Waals surface area contributed by atoms with Crippen LogP contribution in [0.2, 0.25) is 0 Å². The highest BCUT2D eigenvalue weighted by Crippen LogP contribution is 2.51. The summed E-state index contributed by atoms with van der Waals surface area (Å²) in [6, 6.07) is 6.28. The van der Waals surface area contributed by atoms with Crippen molar-refractivity contribution in [2.45, 2.75) is 78.2 Å². The maximum atomic E-state index is 14.5. The van der Waals surface area contributed by atoms with Crippen LogP contribution in [0.25, 0.3) is 11.3 Å². The molecular formula is C32H39N3O5. The third-order valence-corrected chi connectivity index (χ3v) is 9.17. The Kier molecular flexibility index (Phi) is 6.77. The molecule has 0 bridgehead atoms. The van der Waals surface area contributed by atoms with E-state index in [2.05, 4.69) is 28.9 Å². The minimum atomic E-state index is -0.431. The number of aromatic nitrogens is 1. The average molecular weight is 546 g/mol. The van der Waals surface area contributed by atoms with E-state index >= 15 is 0 Å². The molecule has 2 aliphatic heterocycles. The number of aromatic amines is 1. The zero-order valence-electron chi connectivity index (χ0n) is 24.3. The van der Waals surface area contributed by atoms with Crippen LogP contribution >= 0.6 is 0 Å². The number of ether oxygens (including phenoxy) is 2. The van der Waals surface area contributed by atoms with Crippen molar-refractivity contribution in [3.05, 3.63) is 68.3 Å². The molecule has 1 aliphatic carbocycles. The summed E-state index contributed by atoms with van der Waals surface area (Å²) >= 11 is 0. The van der Waals surface area contributed by atoms with Gasteiger partial charge in [0.05, 0.1) is 17.4 Å². The summed E-state index contributed by atoms with van der Waals surface area (Å²) in [6.07, 6.45) is 5.43. The number of benzene rings is 1. The Balaban J connectivity index is 1.40. The van der Waals surface area contributed by atoms with E-state index in [0.29, 0.717) is 48.3 Å². The van der Waals surface area contributed by atoms with Gasteiger partial charge in [-0.05, 0) is 102 Å². The van der Waals surface area contributed by atoms with Crippen molar-refractivity contribution in [2.75, 3.05) is 20.6 Å². The predicted octanol–water partition coefficient (Wildman–Crippen LogP) is 5.02. The number of carbonyl (C=O) groups excluding carboxylic acids is 1. The highest BCUT2D eigenvalue weighted by atomic mass is 16.7. The molecule has 3 aromatic rings. The average Bonchev–Trinajstić information content (AvgIpc) is 3.56. The molecule has 1 fully saturated rings. The summed E-state index contributed by atoms with van der Waals surface area (Å²) in [7, 11) is 4.24. The second-order valence-electron chi connectivity index (χ2n) is 11.9. The number of H-pyrrole nitrogens is 1. The van der Waals surface area contributed by atoms with E-state index in [0.717, 1.165) is 52.8 Å². The normalized spacial score (nSPS) is 24.1. The molecule has 0 saturated heterocycles. The summed E-state index contributed by atoms with van der Waals surface area (Å²) < 4.78 is 18.0. The van der Waals surface area contributed by atoms with Gasteiger partial charge in [0.1, 0.15) is 5.76 Å². The van der Waals surface area contributed by atoms with Gasteiger partial charge in [-0.2, -0.15) is 0 Å². The quantitative estimate of drug-likeness (QED) is 0.485. The molecule has 8 heteroatoms. The number of carbonyl (C=O) groups is 1. The van der Waals surface area contributed by atoms with Crippen LogP contribution in [0.5, 0.6) is 11.5 Å². The molecule has 3 aliphatic rings. The fourth-order valence-corrected chi connectivity index (χ4v) is 7.23. The molecule has 4 atom stereocenters. The number of furan rings is 1. The first-order valence-corrected chi connectivity index (χ1v) is 14.4. The number of rotatable bonds is 5. The van der Waals surface area contributed by atoms with Gasteiger partial charge in [0.2, 0.25) is 6.29 Å². The van der Waals surface area contributed by atoms with Crippen LogP contribution in [0.15, 0.2) is 33.7 Å². The van der Waals surface area contributed by atoms with E-state index < -0.39 is 6.29 Å². The van der Waals surface area contributed by atoms with Crippen LogP contribution in [0, 0.1) is 26.7 Å². The minimum Gasteiger partial charge on any atom is -0.464 e. The maximum Gasteiger partial charge on any atom is 0.254 e. The molecule has 3 unspecified atom stereocenters. The topological polar surface area (TPSA) is 88.0 Å². The summed E-state index contributed by atoms with van der Waals surface area (Å²) in [6.45, 7) is 8.37. The standard InChI is InChI=1S/C32H39N3O5/c1-17-14-18(2)33-31(36)24(17)16-21-15-22(34(5)6)9-10-25(21)35-12-11-23-27(32(35)37)19(3)29-30(40-20(4)39-29)28(23)26-8-7-13-38-26/h7-8,13-14,20-22,25H,9-12,15-16H2,1-6H3,(H,33,36)/t20-,21?,22?,25?/m0/s1. The number of nitrogens with zero attached hydrogens (tertiary/aromatic N) is 2. The number of amides is 1. The third-order valence-electron chi connectivity index (χ3n) is 9.17. The lowest BCUT2D eigenvalue weighted by molar-refractivity contribution is 0.0413. The lowest BCUT2D eigenvalue weighted by Crippen LogP contribution is -2.53. The minimum absolute atomic E-state index is 0.0145. The Morgan fingerprint density at radius 3 is 2.55 bits per heavy atom. The number of aryl methyl sites for hydroxylation is 2. The molecule has 4 heterocycles. The van der Waals surface area contributed by atoms with Crippen molar-refractivity contribution in [1.82, 2.24) is 14.8 Å². The summed E-state index contributed by atoms with van der Waals surface area (Å²) in [5.41, 5.74) is 6.02. The Morgan fingerprint density at radius 2 is 1.85 bits per heavy atom. The number of hydrogen-bond acceptors (Lipinski definition) is 6. The van der Waals surface area contributed by atoms with Crippen molar-refractivity contribution in [3.8, 4) is 22.8 Å². The molecule has 1 amide bonds. The largest absolute Gasteiger partial charge is 0.464 e. The van der Waals surface area contributed by atoms with E-state index in [1.807, 2.05) is 45.9 Å². The number of hydrogen-bond donors (Lipinski definition) is 1. The molecular weight excluding hydrogens is 506 g/mol. The molecule has 212 valence electrons. The molecule has 1 saturated carbocycles. The zero-order valence-corrected chi connectivity index (χ0v) is 24.3. The van der Waals surface area contributed by atoms with Crippen LogP contribution in [-0.4, -0.2) is 59.7 Å². The predicted molar refractivity (Wildman–Crippen MR) is 153 cm³/mol. The Bertz CT molecular complexity index is 1510. The fourth-order valence-electron chi connectivity index (χ4n) is 7.23. The van der Waals surface area contributed by atoms with Crippen molar-refractivity contribution < 1.29 is 18.7 Å². The Morgan fingerprint density at radius 1 is 1.07 bits per heavy atom. The Labute approximate surface area is 235 Å². The second kappa shape index (κ2) is 10.1. The summed E-state index contributed by atoms with van der Waals surface area (Å²) in [5.74, 6) is 2.18. The van der Waals surface area contributed by atoms with E-state index in [-0.39, 0.29) is 23.4 Å². The summed E-state index contributed by atoms with van der Waals surface area (Å²) in [4.78, 5) is 34.8.